The SMILES string of the molecule is OCC(O)COc1cccc2cc3ccccc3cc12. The highest BCUT2D eigenvalue weighted by Gasteiger charge is 2.07. The van der Waals surface area contributed by atoms with Gasteiger partial charge in [-0.25, -0.2) is 0 Å². The first-order valence-electron chi connectivity index (χ1n) is 6.61. The van der Waals surface area contributed by atoms with E-state index in [2.05, 4.69) is 24.3 Å². The highest BCUT2D eigenvalue weighted by molar-refractivity contribution is 6.00. The van der Waals surface area contributed by atoms with Crippen LogP contribution in [0.2, 0.25) is 0 Å². The van der Waals surface area contributed by atoms with Gasteiger partial charge in [-0.05, 0) is 34.4 Å². The largest absolute Gasteiger partial charge is 0.490 e. The Balaban J connectivity index is 2.06. The van der Waals surface area contributed by atoms with Crippen LogP contribution in [0.4, 0.5) is 0 Å². The Kier molecular flexibility index (Phi) is 3.54. The van der Waals surface area contributed by atoms with E-state index in [9.17, 15) is 5.11 Å². The highest BCUT2D eigenvalue weighted by atomic mass is 16.5. The van der Waals surface area contributed by atoms with Crippen LogP contribution in [0.5, 0.6) is 5.75 Å². The molecular weight excluding hydrogens is 252 g/mol. The van der Waals surface area contributed by atoms with Crippen molar-refractivity contribution in [3.63, 3.8) is 0 Å². The summed E-state index contributed by atoms with van der Waals surface area (Å²) in [5.74, 6) is 0.723. The van der Waals surface area contributed by atoms with E-state index in [-0.39, 0.29) is 13.2 Å². The minimum Gasteiger partial charge on any atom is -0.490 e. The molecule has 3 nitrogen and oxygen atoms in total. The molecule has 3 aromatic rings. The van der Waals surface area contributed by atoms with E-state index >= 15 is 0 Å². The molecule has 0 aliphatic carbocycles. The van der Waals surface area contributed by atoms with Crippen LogP contribution in [-0.2, 0) is 0 Å². The summed E-state index contributed by atoms with van der Waals surface area (Å²) in [6.07, 6.45) is -0.856. The molecule has 20 heavy (non-hydrogen) atoms. The summed E-state index contributed by atoms with van der Waals surface area (Å²) in [7, 11) is 0. The molecule has 3 heteroatoms. The quantitative estimate of drug-likeness (QED) is 0.715. The second-order valence-corrected chi connectivity index (χ2v) is 4.82. The van der Waals surface area contributed by atoms with E-state index in [0.717, 1.165) is 21.9 Å². The fourth-order valence-electron chi connectivity index (χ4n) is 2.30. The zero-order valence-corrected chi connectivity index (χ0v) is 11.0. The minimum atomic E-state index is -0.856. The van der Waals surface area contributed by atoms with E-state index in [0.29, 0.717) is 0 Å². The van der Waals surface area contributed by atoms with Crippen molar-refractivity contribution in [3.05, 3.63) is 54.6 Å². The lowest BCUT2D eigenvalue weighted by molar-refractivity contribution is 0.0541. The van der Waals surface area contributed by atoms with Crippen LogP contribution in [0.1, 0.15) is 0 Å². The third kappa shape index (κ3) is 2.46. The maximum atomic E-state index is 9.39. The number of aliphatic hydroxyl groups is 2. The summed E-state index contributed by atoms with van der Waals surface area (Å²) in [5, 5.41) is 22.7. The van der Waals surface area contributed by atoms with Gasteiger partial charge in [-0.3, -0.25) is 0 Å². The van der Waals surface area contributed by atoms with Crippen molar-refractivity contribution in [1.29, 1.82) is 0 Å². The van der Waals surface area contributed by atoms with Crippen molar-refractivity contribution >= 4 is 21.5 Å². The predicted molar refractivity (Wildman–Crippen MR) is 80.0 cm³/mol. The van der Waals surface area contributed by atoms with Crippen molar-refractivity contribution < 1.29 is 14.9 Å². The molecule has 1 atom stereocenters. The van der Waals surface area contributed by atoms with Crippen molar-refractivity contribution in [3.8, 4) is 5.75 Å². The Morgan fingerprint density at radius 2 is 1.60 bits per heavy atom. The Morgan fingerprint density at radius 1 is 0.900 bits per heavy atom. The smallest absolute Gasteiger partial charge is 0.127 e. The molecule has 0 saturated heterocycles. The van der Waals surface area contributed by atoms with Crippen LogP contribution >= 0.6 is 0 Å². The van der Waals surface area contributed by atoms with Gasteiger partial charge in [0, 0.05) is 5.39 Å². The van der Waals surface area contributed by atoms with E-state index in [1.165, 1.54) is 5.39 Å². The molecule has 0 saturated carbocycles. The third-order valence-electron chi connectivity index (χ3n) is 3.35. The second kappa shape index (κ2) is 5.49. The normalized spacial score (nSPS) is 12.7. The highest BCUT2D eigenvalue weighted by Crippen LogP contribution is 2.29. The van der Waals surface area contributed by atoms with Crippen molar-refractivity contribution in [1.82, 2.24) is 0 Å². The summed E-state index contributed by atoms with van der Waals surface area (Å²) in [4.78, 5) is 0. The lowest BCUT2D eigenvalue weighted by Crippen LogP contribution is -2.21. The zero-order valence-electron chi connectivity index (χ0n) is 11.0. The molecule has 3 rings (SSSR count). The van der Waals surface area contributed by atoms with Crippen LogP contribution in [-0.4, -0.2) is 29.5 Å². The maximum Gasteiger partial charge on any atom is 0.127 e. The predicted octanol–water partition coefficient (Wildman–Crippen LogP) is 2.73. The van der Waals surface area contributed by atoms with Crippen LogP contribution in [0, 0.1) is 0 Å². The van der Waals surface area contributed by atoms with Crippen molar-refractivity contribution in [2.75, 3.05) is 13.2 Å². The van der Waals surface area contributed by atoms with Crippen molar-refractivity contribution in [2.24, 2.45) is 0 Å². The topological polar surface area (TPSA) is 49.7 Å². The number of rotatable bonds is 4. The van der Waals surface area contributed by atoms with Gasteiger partial charge in [0.25, 0.3) is 0 Å². The molecule has 1 unspecified atom stereocenters. The monoisotopic (exact) mass is 268 g/mol. The Hall–Kier alpha value is -2.10. The maximum absolute atomic E-state index is 9.39. The van der Waals surface area contributed by atoms with Gasteiger partial charge in [-0.2, -0.15) is 0 Å². The van der Waals surface area contributed by atoms with E-state index in [1.807, 2.05) is 30.3 Å². The number of ether oxygens (including phenoxy) is 1. The first-order chi connectivity index (χ1) is 9.78. The Labute approximate surface area is 117 Å². The van der Waals surface area contributed by atoms with Gasteiger partial charge in [0.15, 0.2) is 0 Å². The van der Waals surface area contributed by atoms with Gasteiger partial charge in [0.05, 0.1) is 6.61 Å². The number of fused-ring (bicyclic) bond motifs is 2. The molecule has 0 fully saturated rings. The van der Waals surface area contributed by atoms with Crippen molar-refractivity contribution in [2.45, 2.75) is 6.10 Å². The standard InChI is InChI=1S/C17H16O3/c18-10-15(19)11-20-17-7-3-6-14-8-12-4-1-2-5-13(12)9-16(14)17/h1-9,15,18-19H,10-11H2. The van der Waals surface area contributed by atoms with E-state index in [1.54, 1.807) is 0 Å². The van der Waals surface area contributed by atoms with Crippen LogP contribution in [0.25, 0.3) is 21.5 Å². The molecule has 0 amide bonds. The fourth-order valence-corrected chi connectivity index (χ4v) is 2.30. The zero-order chi connectivity index (χ0) is 13.9. The summed E-state index contributed by atoms with van der Waals surface area (Å²) in [6, 6.07) is 18.2. The molecule has 0 aliphatic heterocycles. The molecule has 0 aromatic heterocycles. The van der Waals surface area contributed by atoms with Gasteiger partial charge in [-0.15, -0.1) is 0 Å². The molecule has 0 radical (unpaired) electrons. The summed E-state index contributed by atoms with van der Waals surface area (Å²) in [6.45, 7) is -0.212. The van der Waals surface area contributed by atoms with Gasteiger partial charge in [0.1, 0.15) is 18.5 Å². The molecular formula is C17H16O3. The van der Waals surface area contributed by atoms with Crippen LogP contribution in [0.15, 0.2) is 54.6 Å². The number of aliphatic hydroxyl groups excluding tert-OH is 2. The van der Waals surface area contributed by atoms with E-state index < -0.39 is 6.10 Å². The number of hydrogen-bond donors (Lipinski definition) is 2. The first kappa shape index (κ1) is 12.9. The van der Waals surface area contributed by atoms with Gasteiger partial charge < -0.3 is 14.9 Å². The third-order valence-corrected chi connectivity index (χ3v) is 3.35. The fraction of sp³-hybridized carbons (Fsp3) is 0.176. The molecule has 2 N–H and O–H groups in total. The van der Waals surface area contributed by atoms with Crippen LogP contribution < -0.4 is 4.74 Å². The molecule has 0 spiro atoms. The number of hydrogen-bond acceptors (Lipinski definition) is 3. The van der Waals surface area contributed by atoms with E-state index in [4.69, 9.17) is 9.84 Å². The van der Waals surface area contributed by atoms with Gasteiger partial charge >= 0.3 is 0 Å². The molecule has 0 heterocycles. The minimum absolute atomic E-state index is 0.0858. The average molecular weight is 268 g/mol. The summed E-state index contributed by atoms with van der Waals surface area (Å²) < 4.78 is 5.61. The lowest BCUT2D eigenvalue weighted by atomic mass is 10.0. The van der Waals surface area contributed by atoms with Gasteiger partial charge in [0.2, 0.25) is 0 Å². The summed E-state index contributed by atoms with van der Waals surface area (Å²) in [5.41, 5.74) is 0. The van der Waals surface area contributed by atoms with Gasteiger partial charge in [-0.1, -0.05) is 36.4 Å². The Bertz CT molecular complexity index is 736. The first-order valence-corrected chi connectivity index (χ1v) is 6.61. The Morgan fingerprint density at radius 3 is 2.35 bits per heavy atom. The molecule has 0 bridgehead atoms. The van der Waals surface area contributed by atoms with Crippen LogP contribution in [0.3, 0.4) is 0 Å². The number of benzene rings is 3. The summed E-state index contributed by atoms with van der Waals surface area (Å²) >= 11 is 0. The lowest BCUT2D eigenvalue weighted by Gasteiger charge is -2.12. The molecule has 3 aromatic carbocycles. The molecule has 102 valence electrons. The molecule has 0 aliphatic rings. The average Bonchev–Trinajstić information content (AvgIpc) is 2.50. The second-order valence-electron chi connectivity index (χ2n) is 4.82.